The van der Waals surface area contributed by atoms with E-state index in [1.807, 2.05) is 26.1 Å². The number of carbonyl (C=O) groups is 1. The van der Waals surface area contributed by atoms with E-state index < -0.39 is 0 Å². The minimum absolute atomic E-state index is 0.153. The Kier molecular flexibility index (Phi) is 2.74. The molecular weight excluding hydrogens is 212 g/mol. The molecule has 0 radical (unpaired) electrons. The molecule has 3 nitrogen and oxygen atoms in total. The number of carbonyl (C=O) groups excluding carboxylic acids is 1. The predicted molar refractivity (Wildman–Crippen MR) is 69.9 cm³/mol. The molecule has 1 aliphatic rings. The summed E-state index contributed by atoms with van der Waals surface area (Å²) in [6.45, 7) is 6.27. The molecule has 0 spiro atoms. The Bertz CT molecular complexity index is 463. The molecule has 2 N–H and O–H groups in total. The number of rotatable bonds is 2. The van der Waals surface area contributed by atoms with E-state index in [-0.39, 0.29) is 11.4 Å². The van der Waals surface area contributed by atoms with E-state index >= 15 is 0 Å². The van der Waals surface area contributed by atoms with E-state index in [0.29, 0.717) is 12.3 Å². The summed E-state index contributed by atoms with van der Waals surface area (Å²) in [5.74, 6) is 0.510. The average molecular weight is 232 g/mol. The molecule has 0 aromatic heterocycles. The van der Waals surface area contributed by atoms with E-state index in [1.165, 1.54) is 0 Å². The van der Waals surface area contributed by atoms with Gasteiger partial charge >= 0.3 is 0 Å². The predicted octanol–water partition coefficient (Wildman–Crippen LogP) is 2.04. The molecular formula is C14H20N2O. The molecule has 1 aliphatic heterocycles. The molecule has 1 atom stereocenters. The van der Waals surface area contributed by atoms with Crippen LogP contribution < -0.4 is 10.6 Å². The van der Waals surface area contributed by atoms with Gasteiger partial charge < -0.3 is 10.6 Å². The summed E-state index contributed by atoms with van der Waals surface area (Å²) >= 11 is 0. The van der Waals surface area contributed by atoms with Crippen molar-refractivity contribution in [3.8, 4) is 0 Å². The lowest BCUT2D eigenvalue weighted by atomic mass is 9.82. The van der Waals surface area contributed by atoms with E-state index in [1.54, 1.807) is 4.90 Å². The Labute approximate surface area is 103 Å². The van der Waals surface area contributed by atoms with E-state index in [4.69, 9.17) is 5.73 Å². The van der Waals surface area contributed by atoms with E-state index in [9.17, 15) is 4.79 Å². The highest BCUT2D eigenvalue weighted by molar-refractivity contribution is 6.00. The molecule has 3 heteroatoms. The first-order valence-corrected chi connectivity index (χ1v) is 6.03. The fourth-order valence-corrected chi connectivity index (χ4v) is 2.14. The second-order valence-corrected chi connectivity index (χ2v) is 5.41. The third-order valence-electron chi connectivity index (χ3n) is 3.98. The van der Waals surface area contributed by atoms with Crippen molar-refractivity contribution >= 4 is 11.6 Å². The SMILES string of the molecule is CC(C)C(C)(N)c1ccc2c(c1)CC(=O)N2C. The molecule has 1 aromatic carbocycles. The van der Waals surface area contributed by atoms with Crippen LogP contribution >= 0.6 is 0 Å². The molecule has 1 amide bonds. The molecule has 92 valence electrons. The quantitative estimate of drug-likeness (QED) is 0.848. The minimum atomic E-state index is -0.348. The summed E-state index contributed by atoms with van der Waals surface area (Å²) in [6, 6.07) is 6.12. The first-order chi connectivity index (χ1) is 7.84. The topological polar surface area (TPSA) is 46.3 Å². The molecule has 0 saturated heterocycles. The van der Waals surface area contributed by atoms with Gasteiger partial charge in [0.25, 0.3) is 0 Å². The summed E-state index contributed by atoms with van der Waals surface area (Å²) in [5, 5.41) is 0. The van der Waals surface area contributed by atoms with Crippen LogP contribution in [-0.4, -0.2) is 13.0 Å². The van der Waals surface area contributed by atoms with Crippen LogP contribution in [0, 0.1) is 5.92 Å². The van der Waals surface area contributed by atoms with Gasteiger partial charge in [-0.15, -0.1) is 0 Å². The van der Waals surface area contributed by atoms with Crippen molar-refractivity contribution in [3.63, 3.8) is 0 Å². The van der Waals surface area contributed by atoms with Gasteiger partial charge in [0.15, 0.2) is 0 Å². The van der Waals surface area contributed by atoms with Gasteiger partial charge in [0.05, 0.1) is 6.42 Å². The number of amides is 1. The molecule has 1 heterocycles. The third kappa shape index (κ3) is 1.84. The fraction of sp³-hybridized carbons (Fsp3) is 0.500. The van der Waals surface area contributed by atoms with Gasteiger partial charge in [-0.3, -0.25) is 4.79 Å². The number of nitrogens with zero attached hydrogens (tertiary/aromatic N) is 1. The van der Waals surface area contributed by atoms with Crippen molar-refractivity contribution in [1.29, 1.82) is 0 Å². The van der Waals surface area contributed by atoms with Crippen molar-refractivity contribution in [2.75, 3.05) is 11.9 Å². The monoisotopic (exact) mass is 232 g/mol. The van der Waals surface area contributed by atoms with E-state index in [0.717, 1.165) is 16.8 Å². The summed E-state index contributed by atoms with van der Waals surface area (Å²) in [5.41, 5.74) is 9.21. The van der Waals surface area contributed by atoms with Crippen LogP contribution in [0.25, 0.3) is 0 Å². The van der Waals surface area contributed by atoms with Gasteiger partial charge in [-0.05, 0) is 30.0 Å². The van der Waals surface area contributed by atoms with Crippen molar-refractivity contribution in [2.45, 2.75) is 32.7 Å². The average Bonchev–Trinajstić information content (AvgIpc) is 2.54. The van der Waals surface area contributed by atoms with Crippen molar-refractivity contribution in [1.82, 2.24) is 0 Å². The Morgan fingerprint density at radius 1 is 1.41 bits per heavy atom. The molecule has 1 aromatic rings. The van der Waals surface area contributed by atoms with Crippen LogP contribution in [0.2, 0.25) is 0 Å². The maximum atomic E-state index is 11.6. The zero-order valence-corrected chi connectivity index (χ0v) is 10.9. The van der Waals surface area contributed by atoms with Crippen LogP contribution in [0.1, 0.15) is 31.9 Å². The molecule has 1 unspecified atom stereocenters. The summed E-state index contributed by atoms with van der Waals surface area (Å²) < 4.78 is 0. The van der Waals surface area contributed by atoms with Crippen molar-refractivity contribution in [3.05, 3.63) is 29.3 Å². The molecule has 0 aliphatic carbocycles. The number of likely N-dealkylation sites (N-methyl/N-ethyl adjacent to an activating group) is 1. The Balaban J connectivity index is 2.43. The second kappa shape index (κ2) is 3.84. The fourth-order valence-electron chi connectivity index (χ4n) is 2.14. The van der Waals surface area contributed by atoms with Crippen LogP contribution in [0.3, 0.4) is 0 Å². The molecule has 0 bridgehead atoms. The molecule has 2 rings (SSSR count). The highest BCUT2D eigenvalue weighted by Crippen LogP contribution is 2.33. The number of nitrogens with two attached hydrogens (primary N) is 1. The van der Waals surface area contributed by atoms with Crippen LogP contribution in [0.4, 0.5) is 5.69 Å². The van der Waals surface area contributed by atoms with Gasteiger partial charge in [-0.1, -0.05) is 26.0 Å². The standard InChI is InChI=1S/C14H20N2O/c1-9(2)14(3,15)11-5-6-12-10(7-11)8-13(17)16(12)4/h5-7,9H,8,15H2,1-4H3. The highest BCUT2D eigenvalue weighted by Gasteiger charge is 2.29. The van der Waals surface area contributed by atoms with Gasteiger partial charge in [0, 0.05) is 18.3 Å². The van der Waals surface area contributed by atoms with Crippen molar-refractivity contribution < 1.29 is 4.79 Å². The Morgan fingerprint density at radius 3 is 2.65 bits per heavy atom. The smallest absolute Gasteiger partial charge is 0.231 e. The summed E-state index contributed by atoms with van der Waals surface area (Å²) in [6.07, 6.45) is 0.494. The first kappa shape index (κ1) is 12.1. The lowest BCUT2D eigenvalue weighted by Crippen LogP contribution is -2.38. The van der Waals surface area contributed by atoms with E-state index in [2.05, 4.69) is 19.9 Å². The van der Waals surface area contributed by atoms with Crippen LogP contribution in [0.15, 0.2) is 18.2 Å². The lowest BCUT2D eigenvalue weighted by Gasteiger charge is -2.30. The van der Waals surface area contributed by atoms with Crippen molar-refractivity contribution in [2.24, 2.45) is 11.7 Å². The van der Waals surface area contributed by atoms with Crippen LogP contribution in [0.5, 0.6) is 0 Å². The zero-order valence-electron chi connectivity index (χ0n) is 10.9. The highest BCUT2D eigenvalue weighted by atomic mass is 16.2. The first-order valence-electron chi connectivity index (χ1n) is 6.03. The number of hydrogen-bond acceptors (Lipinski definition) is 2. The second-order valence-electron chi connectivity index (χ2n) is 5.41. The lowest BCUT2D eigenvalue weighted by molar-refractivity contribution is -0.117. The Hall–Kier alpha value is -1.35. The number of hydrogen-bond donors (Lipinski definition) is 1. The number of benzene rings is 1. The summed E-state index contributed by atoms with van der Waals surface area (Å²) in [7, 11) is 1.82. The largest absolute Gasteiger partial charge is 0.321 e. The molecule has 17 heavy (non-hydrogen) atoms. The molecule has 0 fully saturated rings. The molecule has 0 saturated carbocycles. The maximum absolute atomic E-state index is 11.6. The normalized spacial score (nSPS) is 18.5. The number of anilines is 1. The van der Waals surface area contributed by atoms with Gasteiger partial charge in [-0.2, -0.15) is 0 Å². The zero-order chi connectivity index (χ0) is 12.8. The maximum Gasteiger partial charge on any atom is 0.231 e. The minimum Gasteiger partial charge on any atom is -0.321 e. The number of fused-ring (bicyclic) bond motifs is 1. The summed E-state index contributed by atoms with van der Waals surface area (Å²) in [4.78, 5) is 13.3. The van der Waals surface area contributed by atoms with Gasteiger partial charge in [0.2, 0.25) is 5.91 Å². The Morgan fingerprint density at radius 2 is 2.06 bits per heavy atom. The van der Waals surface area contributed by atoms with Crippen LogP contribution in [-0.2, 0) is 16.8 Å². The van der Waals surface area contributed by atoms with Gasteiger partial charge in [-0.25, -0.2) is 0 Å². The van der Waals surface area contributed by atoms with Gasteiger partial charge in [0.1, 0.15) is 0 Å². The third-order valence-corrected chi connectivity index (χ3v) is 3.98.